The third-order valence-electron chi connectivity index (χ3n) is 9.50. The Kier molecular flexibility index (Phi) is 47.2. The van der Waals surface area contributed by atoms with Crippen LogP contribution < -0.4 is 0 Å². The van der Waals surface area contributed by atoms with Crippen molar-refractivity contribution in [2.24, 2.45) is 0 Å². The van der Waals surface area contributed by atoms with Gasteiger partial charge in [-0.2, -0.15) is 0 Å². The molecule has 2 unspecified atom stereocenters. The summed E-state index contributed by atoms with van der Waals surface area (Å²) in [5.74, 6) is 0. The first-order valence-electron chi connectivity index (χ1n) is 22.7. The summed E-state index contributed by atoms with van der Waals surface area (Å²) in [6.07, 6.45) is 26.0. The molecule has 0 rings (SSSR count). The molecular formula is C43H91NO13S. The predicted molar refractivity (Wildman–Crippen MR) is 230 cm³/mol. The molecule has 2 N–H and O–H groups in total. The van der Waals surface area contributed by atoms with Crippen LogP contribution in [0.5, 0.6) is 0 Å². The SMILES string of the molecule is CCCCCCCCCCCCOCC(C[N+](C)(C)CC(COCCCCCCCCCCCC)OCCOCCOCCO)OCCOCCO.COS(=O)(=O)[O-]. The molecule has 0 radical (unpaired) electrons. The third kappa shape index (κ3) is 49.8. The van der Waals surface area contributed by atoms with Crippen LogP contribution >= 0.6 is 0 Å². The number of hydrogen-bond donors (Lipinski definition) is 2. The van der Waals surface area contributed by atoms with E-state index < -0.39 is 10.4 Å². The average molecular weight is 862 g/mol. The van der Waals surface area contributed by atoms with E-state index >= 15 is 0 Å². The van der Waals surface area contributed by atoms with Gasteiger partial charge >= 0.3 is 0 Å². The lowest BCUT2D eigenvalue weighted by Gasteiger charge is -2.36. The van der Waals surface area contributed by atoms with Crippen molar-refractivity contribution in [3.8, 4) is 0 Å². The zero-order valence-electron chi connectivity index (χ0n) is 37.9. The van der Waals surface area contributed by atoms with Crippen molar-refractivity contribution in [3.63, 3.8) is 0 Å². The molecule has 0 aromatic carbocycles. The monoisotopic (exact) mass is 862 g/mol. The Labute approximate surface area is 355 Å². The second kappa shape index (κ2) is 46.0. The molecule has 58 heavy (non-hydrogen) atoms. The molecule has 0 spiro atoms. The van der Waals surface area contributed by atoms with Crippen LogP contribution in [0.15, 0.2) is 0 Å². The Morgan fingerprint density at radius 1 is 0.466 bits per heavy atom. The summed E-state index contributed by atoms with van der Waals surface area (Å²) >= 11 is 0. The van der Waals surface area contributed by atoms with Gasteiger partial charge in [0, 0.05) is 13.2 Å². The van der Waals surface area contributed by atoms with Gasteiger partial charge < -0.3 is 52.4 Å². The number of ether oxygens (including phenoxy) is 7. The molecule has 0 saturated carbocycles. The molecule has 0 aliphatic heterocycles. The van der Waals surface area contributed by atoms with Crippen molar-refractivity contribution in [3.05, 3.63) is 0 Å². The first kappa shape index (κ1) is 59.6. The molecule has 0 aromatic heterocycles. The molecule has 0 aromatic rings. The van der Waals surface area contributed by atoms with Crippen molar-refractivity contribution >= 4 is 10.4 Å². The van der Waals surface area contributed by atoms with Gasteiger partial charge in [0.25, 0.3) is 0 Å². The Hall–Kier alpha value is -0.530. The normalized spacial score (nSPS) is 13.1. The van der Waals surface area contributed by atoms with E-state index in [1.54, 1.807) is 0 Å². The smallest absolute Gasteiger partial charge is 0.217 e. The topological polar surface area (TPSA) is 172 Å². The Morgan fingerprint density at radius 2 is 0.759 bits per heavy atom. The number of quaternary nitrogens is 1. The maximum Gasteiger partial charge on any atom is 0.217 e. The van der Waals surface area contributed by atoms with E-state index in [1.165, 1.54) is 116 Å². The third-order valence-corrected chi connectivity index (χ3v) is 9.91. The van der Waals surface area contributed by atoms with E-state index in [1.807, 2.05) is 0 Å². The number of rotatable bonds is 46. The van der Waals surface area contributed by atoms with Gasteiger partial charge in [0.1, 0.15) is 25.3 Å². The van der Waals surface area contributed by atoms with Crippen molar-refractivity contribution in [1.29, 1.82) is 0 Å². The summed E-state index contributed by atoms with van der Waals surface area (Å²) in [6, 6.07) is 0. The second-order valence-corrected chi connectivity index (χ2v) is 16.8. The van der Waals surface area contributed by atoms with Gasteiger partial charge in [-0.1, -0.05) is 129 Å². The molecule has 0 aliphatic rings. The Balaban J connectivity index is 0. The van der Waals surface area contributed by atoms with Gasteiger partial charge in [-0.25, -0.2) is 8.42 Å². The number of hydrogen-bond acceptors (Lipinski definition) is 13. The molecule has 15 heteroatoms. The largest absolute Gasteiger partial charge is 0.726 e. The molecule has 0 amide bonds. The van der Waals surface area contributed by atoms with Crippen molar-refractivity contribution in [2.75, 3.05) is 127 Å². The highest BCUT2D eigenvalue weighted by Crippen LogP contribution is 2.13. The minimum absolute atomic E-state index is 0.0144. The van der Waals surface area contributed by atoms with Crippen molar-refractivity contribution in [1.82, 2.24) is 0 Å². The first-order valence-corrected chi connectivity index (χ1v) is 24.1. The van der Waals surface area contributed by atoms with Crippen LogP contribution in [0.1, 0.15) is 142 Å². The number of unbranched alkanes of at least 4 members (excludes halogenated alkanes) is 18. The van der Waals surface area contributed by atoms with E-state index in [0.29, 0.717) is 70.6 Å². The second-order valence-electron chi connectivity index (χ2n) is 15.7. The van der Waals surface area contributed by atoms with E-state index in [9.17, 15) is 13.0 Å². The maximum absolute atomic E-state index is 9.22. The molecule has 14 nitrogen and oxygen atoms in total. The lowest BCUT2D eigenvalue weighted by molar-refractivity contribution is -0.896. The summed E-state index contributed by atoms with van der Waals surface area (Å²) in [5.41, 5.74) is 0. The fourth-order valence-electron chi connectivity index (χ4n) is 6.40. The summed E-state index contributed by atoms with van der Waals surface area (Å²) in [6.45, 7) is 12.2. The van der Waals surface area contributed by atoms with Gasteiger partial charge in [0.2, 0.25) is 10.4 Å². The molecule has 352 valence electrons. The number of aliphatic hydroxyl groups excluding tert-OH is 2. The zero-order valence-corrected chi connectivity index (χ0v) is 38.7. The highest BCUT2D eigenvalue weighted by molar-refractivity contribution is 7.80. The lowest BCUT2D eigenvalue weighted by atomic mass is 10.1. The highest BCUT2D eigenvalue weighted by atomic mass is 32.3. The van der Waals surface area contributed by atoms with Gasteiger partial charge in [-0.3, -0.25) is 4.18 Å². The van der Waals surface area contributed by atoms with Crippen molar-refractivity contribution < 1.29 is 65.0 Å². The van der Waals surface area contributed by atoms with Crippen LogP contribution in [-0.4, -0.2) is 167 Å². The summed E-state index contributed by atoms with van der Waals surface area (Å²) in [7, 11) is 0.829. The van der Waals surface area contributed by atoms with E-state index in [2.05, 4.69) is 32.1 Å². The van der Waals surface area contributed by atoms with Crippen LogP contribution in [0, 0.1) is 0 Å². The fraction of sp³-hybridized carbons (Fsp3) is 1.00. The van der Waals surface area contributed by atoms with E-state index in [4.69, 9.17) is 43.4 Å². The molecule has 2 atom stereocenters. The minimum atomic E-state index is -4.41. The Bertz CT molecular complexity index is 902. The molecule has 0 saturated heterocycles. The first-order chi connectivity index (χ1) is 28.0. The molecular weight excluding hydrogens is 771 g/mol. The number of nitrogens with zero attached hydrogens (tertiary/aromatic N) is 1. The zero-order chi connectivity index (χ0) is 43.3. The number of likely N-dealkylation sites (N-methyl/N-ethyl adjacent to an activating group) is 1. The summed E-state index contributed by atoms with van der Waals surface area (Å²) in [4.78, 5) is 0. The Morgan fingerprint density at radius 3 is 1.07 bits per heavy atom. The van der Waals surface area contributed by atoms with E-state index in [-0.39, 0.29) is 25.4 Å². The highest BCUT2D eigenvalue weighted by Gasteiger charge is 2.28. The van der Waals surface area contributed by atoms with Crippen LogP contribution in [0.2, 0.25) is 0 Å². The summed E-state index contributed by atoms with van der Waals surface area (Å²) in [5, 5.41) is 17.9. The molecule has 0 fully saturated rings. The maximum atomic E-state index is 9.22. The van der Waals surface area contributed by atoms with Crippen LogP contribution in [0.4, 0.5) is 0 Å². The quantitative estimate of drug-likeness (QED) is 0.0283. The average Bonchev–Trinajstić information content (AvgIpc) is 3.19. The minimum Gasteiger partial charge on any atom is -0.726 e. The summed E-state index contributed by atoms with van der Waals surface area (Å²) < 4.78 is 73.1. The van der Waals surface area contributed by atoms with Crippen molar-refractivity contribution in [2.45, 2.75) is 154 Å². The van der Waals surface area contributed by atoms with Crippen LogP contribution in [0.3, 0.4) is 0 Å². The standard InChI is InChI=1S/C42H88NO9.CH4O4S/c1-5-7-9-11-13-15-17-19-21-23-27-49-39-41(51-35-33-47-30-26-45)37-43(3,4)38-42(52-36-34-48-32-31-46-29-25-44)40-50-28-24-22-20-18-16-14-12-10-8-6-2;1-5-6(2,3)4/h41-42,44-45H,5-40H2,1-4H3;1H3,(H,2,3,4)/q+1;/p-1. The molecule has 0 heterocycles. The fourth-order valence-corrected chi connectivity index (χ4v) is 6.40. The number of aliphatic hydroxyl groups is 2. The van der Waals surface area contributed by atoms with Gasteiger partial charge in [0.15, 0.2) is 0 Å². The molecule has 0 bridgehead atoms. The predicted octanol–water partition coefficient (Wildman–Crippen LogP) is 6.84. The van der Waals surface area contributed by atoms with Gasteiger partial charge in [-0.15, -0.1) is 0 Å². The van der Waals surface area contributed by atoms with E-state index in [0.717, 1.165) is 46.3 Å². The van der Waals surface area contributed by atoms with Gasteiger partial charge in [-0.05, 0) is 12.8 Å². The molecule has 0 aliphatic carbocycles. The van der Waals surface area contributed by atoms with Gasteiger partial charge in [0.05, 0.1) is 100 Å². The van der Waals surface area contributed by atoms with Crippen LogP contribution in [0.25, 0.3) is 0 Å². The lowest BCUT2D eigenvalue weighted by Crippen LogP contribution is -2.52. The van der Waals surface area contributed by atoms with Crippen LogP contribution in [-0.2, 0) is 47.7 Å².